The second-order valence-electron chi connectivity index (χ2n) is 8.80. The number of amides is 2. The van der Waals surface area contributed by atoms with Crippen LogP contribution in [0.15, 0.2) is 102 Å². The zero-order valence-corrected chi connectivity index (χ0v) is 22.2. The predicted octanol–water partition coefficient (Wildman–Crippen LogP) is 6.23. The van der Waals surface area contributed by atoms with Crippen LogP contribution in [0.2, 0.25) is 0 Å². The SMILES string of the molecule is O=C(CCCC(=O)c1cccs1)NC(COCc1ccccc1)C(=O)Nc1ccc(Oc2ccccc2)cc1. The lowest BCUT2D eigenvalue weighted by molar-refractivity contribution is -0.128. The van der Waals surface area contributed by atoms with Crippen molar-refractivity contribution in [3.8, 4) is 11.5 Å². The van der Waals surface area contributed by atoms with Gasteiger partial charge in [0.25, 0.3) is 0 Å². The number of thiophene rings is 1. The third-order valence-corrected chi connectivity index (χ3v) is 6.66. The van der Waals surface area contributed by atoms with Crippen LogP contribution in [0.5, 0.6) is 11.5 Å². The van der Waals surface area contributed by atoms with E-state index >= 15 is 0 Å². The Morgan fingerprint density at radius 1 is 0.769 bits per heavy atom. The average Bonchev–Trinajstić information content (AvgIpc) is 3.50. The molecule has 200 valence electrons. The second kappa shape index (κ2) is 14.6. The molecule has 0 aliphatic rings. The van der Waals surface area contributed by atoms with Gasteiger partial charge < -0.3 is 20.1 Å². The molecule has 0 bridgehead atoms. The van der Waals surface area contributed by atoms with Crippen LogP contribution in [0.1, 0.15) is 34.5 Å². The average molecular weight is 543 g/mol. The molecule has 8 heteroatoms. The smallest absolute Gasteiger partial charge is 0.249 e. The molecule has 3 aromatic carbocycles. The van der Waals surface area contributed by atoms with Crippen molar-refractivity contribution in [1.29, 1.82) is 0 Å². The van der Waals surface area contributed by atoms with Crippen molar-refractivity contribution in [3.63, 3.8) is 0 Å². The standard InChI is InChI=1S/C31H30N2O5S/c34-28(29-14-8-20-39-29)13-7-15-30(35)33-27(22-37-21-23-9-3-1-4-10-23)31(36)32-24-16-18-26(19-17-24)38-25-11-5-2-6-12-25/h1-6,8-12,14,16-20,27H,7,13,15,21-22H2,(H,32,36)(H,33,35). The summed E-state index contributed by atoms with van der Waals surface area (Å²) < 4.78 is 11.6. The van der Waals surface area contributed by atoms with Crippen LogP contribution in [0.3, 0.4) is 0 Å². The Morgan fingerprint density at radius 2 is 1.46 bits per heavy atom. The number of hydrogen-bond acceptors (Lipinski definition) is 6. The number of Topliss-reactive ketones (excluding diaryl/α,β-unsaturated/α-hetero) is 1. The molecule has 0 fully saturated rings. The predicted molar refractivity (Wildman–Crippen MR) is 152 cm³/mol. The Labute approximate surface area is 231 Å². The van der Waals surface area contributed by atoms with Crippen LogP contribution in [-0.4, -0.2) is 30.2 Å². The first-order valence-corrected chi connectivity index (χ1v) is 13.6. The largest absolute Gasteiger partial charge is 0.457 e. The molecule has 7 nitrogen and oxygen atoms in total. The van der Waals surface area contributed by atoms with Crippen molar-refractivity contribution < 1.29 is 23.9 Å². The molecule has 2 N–H and O–H groups in total. The summed E-state index contributed by atoms with van der Waals surface area (Å²) in [6.07, 6.45) is 0.794. The number of anilines is 1. The van der Waals surface area contributed by atoms with Crippen LogP contribution >= 0.6 is 11.3 Å². The molecule has 0 spiro atoms. The highest BCUT2D eigenvalue weighted by Crippen LogP contribution is 2.22. The van der Waals surface area contributed by atoms with E-state index in [9.17, 15) is 14.4 Å². The van der Waals surface area contributed by atoms with Crippen molar-refractivity contribution in [2.24, 2.45) is 0 Å². The van der Waals surface area contributed by atoms with E-state index < -0.39 is 11.9 Å². The molecule has 2 amide bonds. The van der Waals surface area contributed by atoms with Gasteiger partial charge in [0, 0.05) is 18.5 Å². The van der Waals surface area contributed by atoms with Crippen LogP contribution in [0.4, 0.5) is 5.69 Å². The summed E-state index contributed by atoms with van der Waals surface area (Å²) >= 11 is 1.39. The van der Waals surface area contributed by atoms with E-state index in [1.54, 1.807) is 30.3 Å². The number of benzene rings is 3. The molecule has 0 saturated carbocycles. The molecule has 0 saturated heterocycles. The fourth-order valence-electron chi connectivity index (χ4n) is 3.75. The van der Waals surface area contributed by atoms with E-state index in [4.69, 9.17) is 9.47 Å². The van der Waals surface area contributed by atoms with E-state index in [1.807, 2.05) is 72.1 Å². The Balaban J connectivity index is 1.32. The van der Waals surface area contributed by atoms with Gasteiger partial charge in [0.05, 0.1) is 18.1 Å². The van der Waals surface area contributed by atoms with Crippen molar-refractivity contribution in [1.82, 2.24) is 5.32 Å². The molecule has 1 unspecified atom stereocenters. The molecule has 1 atom stereocenters. The summed E-state index contributed by atoms with van der Waals surface area (Å²) in [5.74, 6) is 0.641. The first-order valence-electron chi connectivity index (χ1n) is 12.7. The van der Waals surface area contributed by atoms with E-state index in [-0.39, 0.29) is 31.1 Å². The van der Waals surface area contributed by atoms with Gasteiger partial charge in [-0.3, -0.25) is 14.4 Å². The molecule has 4 rings (SSSR count). The summed E-state index contributed by atoms with van der Waals surface area (Å²) in [5.41, 5.74) is 1.52. The first-order chi connectivity index (χ1) is 19.1. The number of carbonyl (C=O) groups is 3. The van der Waals surface area contributed by atoms with Gasteiger partial charge in [0.1, 0.15) is 17.5 Å². The minimum absolute atomic E-state index is 0.00417. The van der Waals surface area contributed by atoms with Crippen LogP contribution in [-0.2, 0) is 20.9 Å². The molecule has 1 heterocycles. The van der Waals surface area contributed by atoms with E-state index in [0.29, 0.717) is 35.1 Å². The quantitative estimate of drug-likeness (QED) is 0.184. The molecule has 0 aliphatic carbocycles. The van der Waals surface area contributed by atoms with Crippen molar-refractivity contribution in [3.05, 3.63) is 113 Å². The Bertz CT molecular complexity index is 1330. The third kappa shape index (κ3) is 9.21. The number of rotatable bonds is 14. The van der Waals surface area contributed by atoms with Crippen LogP contribution < -0.4 is 15.4 Å². The minimum Gasteiger partial charge on any atom is -0.457 e. The number of ketones is 1. The molecule has 0 aliphatic heterocycles. The third-order valence-electron chi connectivity index (χ3n) is 5.75. The van der Waals surface area contributed by atoms with E-state index in [2.05, 4.69) is 10.6 Å². The first kappa shape index (κ1) is 27.8. The summed E-state index contributed by atoms with van der Waals surface area (Å²) in [6, 6.07) is 28.7. The molecule has 1 aromatic heterocycles. The van der Waals surface area contributed by atoms with Crippen molar-refractivity contribution in [2.75, 3.05) is 11.9 Å². The number of ether oxygens (including phenoxy) is 2. The van der Waals surface area contributed by atoms with Gasteiger partial charge in [-0.25, -0.2) is 0 Å². The Hall–Kier alpha value is -4.27. The number of nitrogens with one attached hydrogen (secondary N) is 2. The fourth-order valence-corrected chi connectivity index (χ4v) is 4.44. The minimum atomic E-state index is -0.908. The summed E-state index contributed by atoms with van der Waals surface area (Å²) in [7, 11) is 0. The van der Waals surface area contributed by atoms with Gasteiger partial charge in [-0.1, -0.05) is 54.6 Å². The van der Waals surface area contributed by atoms with Gasteiger partial charge in [-0.2, -0.15) is 0 Å². The van der Waals surface area contributed by atoms with E-state index in [0.717, 1.165) is 5.56 Å². The van der Waals surface area contributed by atoms with Gasteiger partial charge >= 0.3 is 0 Å². The van der Waals surface area contributed by atoms with Crippen molar-refractivity contribution >= 4 is 34.6 Å². The van der Waals surface area contributed by atoms with E-state index in [1.165, 1.54) is 11.3 Å². The number of para-hydroxylation sites is 1. The summed E-state index contributed by atoms with van der Waals surface area (Å²) in [5, 5.41) is 7.45. The molecule has 4 aromatic rings. The highest BCUT2D eigenvalue weighted by Gasteiger charge is 2.22. The summed E-state index contributed by atoms with van der Waals surface area (Å²) in [4.78, 5) is 38.7. The zero-order valence-electron chi connectivity index (χ0n) is 21.4. The number of carbonyl (C=O) groups excluding carboxylic acids is 3. The maximum absolute atomic E-state index is 13.1. The highest BCUT2D eigenvalue weighted by atomic mass is 32.1. The Morgan fingerprint density at radius 3 is 2.15 bits per heavy atom. The highest BCUT2D eigenvalue weighted by molar-refractivity contribution is 7.12. The number of hydrogen-bond donors (Lipinski definition) is 2. The maximum Gasteiger partial charge on any atom is 0.249 e. The fraction of sp³-hybridized carbons (Fsp3) is 0.194. The molecule has 0 radical (unpaired) electrons. The van der Waals surface area contributed by atoms with Gasteiger partial charge in [0.2, 0.25) is 11.8 Å². The molecule has 39 heavy (non-hydrogen) atoms. The lowest BCUT2D eigenvalue weighted by Crippen LogP contribution is -2.46. The van der Waals surface area contributed by atoms with Crippen molar-refractivity contribution in [2.45, 2.75) is 31.9 Å². The van der Waals surface area contributed by atoms with Gasteiger partial charge in [0.15, 0.2) is 5.78 Å². The summed E-state index contributed by atoms with van der Waals surface area (Å²) in [6.45, 7) is 0.303. The maximum atomic E-state index is 13.1. The van der Waals surface area contributed by atoms with Crippen LogP contribution in [0, 0.1) is 0 Å². The van der Waals surface area contributed by atoms with Gasteiger partial charge in [-0.05, 0) is 59.8 Å². The topological polar surface area (TPSA) is 93.7 Å². The molecular formula is C31H30N2O5S. The normalized spacial score (nSPS) is 11.4. The zero-order chi connectivity index (χ0) is 27.3. The van der Waals surface area contributed by atoms with Crippen LogP contribution in [0.25, 0.3) is 0 Å². The Kier molecular flexibility index (Phi) is 10.4. The second-order valence-corrected chi connectivity index (χ2v) is 9.75. The monoisotopic (exact) mass is 542 g/mol. The lowest BCUT2D eigenvalue weighted by atomic mass is 10.1. The van der Waals surface area contributed by atoms with Gasteiger partial charge in [-0.15, -0.1) is 11.3 Å². The lowest BCUT2D eigenvalue weighted by Gasteiger charge is -2.19. The molecular weight excluding hydrogens is 512 g/mol.